The van der Waals surface area contributed by atoms with E-state index in [0.29, 0.717) is 0 Å². The van der Waals surface area contributed by atoms with Gasteiger partial charge in [0, 0.05) is 12.3 Å². The van der Waals surface area contributed by atoms with E-state index in [9.17, 15) is 0 Å². The molecule has 2 aromatic heterocycles. The van der Waals surface area contributed by atoms with Crippen LogP contribution >= 0.6 is 0 Å². The molecular formula is C18H25N3O5. The minimum atomic E-state index is -1.82. The van der Waals surface area contributed by atoms with Crippen LogP contribution in [0.2, 0.25) is 0 Å². The Morgan fingerprint density at radius 1 is 1.08 bits per heavy atom. The van der Waals surface area contributed by atoms with Gasteiger partial charge in [-0.3, -0.25) is 0 Å². The molecule has 0 bridgehead atoms. The number of likely N-dealkylation sites (tertiary alicyclic amines) is 1. The summed E-state index contributed by atoms with van der Waals surface area (Å²) in [5.74, 6) is -2.92. The second kappa shape index (κ2) is 10.4. The number of ether oxygens (including phenoxy) is 1. The van der Waals surface area contributed by atoms with Crippen LogP contribution in [0.3, 0.4) is 0 Å². The van der Waals surface area contributed by atoms with E-state index in [1.165, 1.54) is 45.3 Å². The van der Waals surface area contributed by atoms with Crippen molar-refractivity contribution in [3.8, 4) is 5.88 Å². The summed E-state index contributed by atoms with van der Waals surface area (Å²) >= 11 is 0. The SMILES string of the molecule is O=C(O)C(=O)O.c1ccn2nc(OCCCCN3CCCCC3)cc2c1. The van der Waals surface area contributed by atoms with Crippen LogP contribution in [0.15, 0.2) is 30.5 Å². The van der Waals surface area contributed by atoms with Crippen LogP contribution in [0.5, 0.6) is 5.88 Å². The third kappa shape index (κ3) is 6.72. The van der Waals surface area contributed by atoms with Gasteiger partial charge in [-0.15, -0.1) is 5.10 Å². The Morgan fingerprint density at radius 2 is 1.81 bits per heavy atom. The van der Waals surface area contributed by atoms with Gasteiger partial charge in [0.2, 0.25) is 5.88 Å². The second-order valence-corrected chi connectivity index (χ2v) is 6.12. The van der Waals surface area contributed by atoms with Gasteiger partial charge in [0.05, 0.1) is 12.1 Å². The first-order chi connectivity index (χ1) is 12.6. The van der Waals surface area contributed by atoms with Crippen LogP contribution in [-0.4, -0.2) is 62.9 Å². The topological polar surface area (TPSA) is 104 Å². The molecule has 0 saturated carbocycles. The summed E-state index contributed by atoms with van der Waals surface area (Å²) in [6.45, 7) is 4.55. The number of fused-ring (bicyclic) bond motifs is 1. The molecule has 1 aliphatic heterocycles. The number of pyridine rings is 1. The van der Waals surface area contributed by atoms with E-state index < -0.39 is 11.9 Å². The van der Waals surface area contributed by atoms with Gasteiger partial charge < -0.3 is 19.8 Å². The average molecular weight is 363 g/mol. The molecule has 0 aliphatic carbocycles. The maximum atomic E-state index is 9.10. The van der Waals surface area contributed by atoms with Crippen molar-refractivity contribution in [1.29, 1.82) is 0 Å². The van der Waals surface area contributed by atoms with E-state index in [1.807, 2.05) is 35.0 Å². The van der Waals surface area contributed by atoms with Gasteiger partial charge in [-0.05, 0) is 57.5 Å². The number of aromatic nitrogens is 2. The molecular weight excluding hydrogens is 338 g/mol. The maximum Gasteiger partial charge on any atom is 0.414 e. The van der Waals surface area contributed by atoms with Crippen LogP contribution in [0.1, 0.15) is 32.1 Å². The largest absolute Gasteiger partial charge is 0.477 e. The monoisotopic (exact) mass is 363 g/mol. The predicted molar refractivity (Wildman–Crippen MR) is 95.5 cm³/mol. The highest BCUT2D eigenvalue weighted by Gasteiger charge is 2.09. The van der Waals surface area contributed by atoms with Crippen LogP contribution in [-0.2, 0) is 9.59 Å². The number of nitrogens with zero attached hydrogens (tertiary/aromatic N) is 3. The summed E-state index contributed by atoms with van der Waals surface area (Å²) in [5.41, 5.74) is 1.08. The smallest absolute Gasteiger partial charge is 0.414 e. The lowest BCUT2D eigenvalue weighted by atomic mass is 10.1. The molecule has 0 spiro atoms. The third-order valence-electron chi connectivity index (χ3n) is 4.10. The second-order valence-electron chi connectivity index (χ2n) is 6.12. The van der Waals surface area contributed by atoms with E-state index in [-0.39, 0.29) is 0 Å². The molecule has 8 heteroatoms. The summed E-state index contributed by atoms with van der Waals surface area (Å²) < 4.78 is 7.58. The molecule has 8 nitrogen and oxygen atoms in total. The molecule has 0 aromatic carbocycles. The predicted octanol–water partition coefficient (Wildman–Crippen LogP) is 2.13. The maximum absolute atomic E-state index is 9.10. The van der Waals surface area contributed by atoms with Crippen LogP contribution in [0.25, 0.3) is 5.52 Å². The number of hydrogen-bond acceptors (Lipinski definition) is 5. The number of hydrogen-bond donors (Lipinski definition) is 2. The lowest BCUT2D eigenvalue weighted by Crippen LogP contribution is -2.30. The van der Waals surface area contributed by atoms with Crippen molar-refractivity contribution in [2.24, 2.45) is 0 Å². The van der Waals surface area contributed by atoms with Gasteiger partial charge in [-0.25, -0.2) is 14.1 Å². The van der Waals surface area contributed by atoms with Crippen LogP contribution in [0, 0.1) is 0 Å². The molecule has 26 heavy (non-hydrogen) atoms. The molecule has 1 fully saturated rings. The van der Waals surface area contributed by atoms with Crippen molar-refractivity contribution in [2.75, 3.05) is 26.2 Å². The molecule has 1 aliphatic rings. The zero-order valence-electron chi connectivity index (χ0n) is 14.7. The summed E-state index contributed by atoms with van der Waals surface area (Å²) in [6.07, 6.45) is 8.42. The first kappa shape index (κ1) is 19.7. The van der Waals surface area contributed by atoms with Crippen molar-refractivity contribution in [3.05, 3.63) is 30.5 Å². The Morgan fingerprint density at radius 3 is 2.46 bits per heavy atom. The van der Waals surface area contributed by atoms with Gasteiger partial charge in [0.15, 0.2) is 0 Å². The minimum absolute atomic E-state index is 0.731. The Bertz CT molecular complexity index is 665. The molecule has 1 saturated heterocycles. The van der Waals surface area contributed by atoms with Crippen molar-refractivity contribution in [1.82, 2.24) is 14.5 Å². The lowest BCUT2D eigenvalue weighted by molar-refractivity contribution is -0.159. The fraction of sp³-hybridized carbons (Fsp3) is 0.500. The molecule has 0 radical (unpaired) electrons. The number of carboxylic acid groups (broad SMARTS) is 2. The Labute approximate surface area is 152 Å². The highest BCUT2D eigenvalue weighted by Crippen LogP contribution is 2.13. The molecule has 2 aromatic rings. The first-order valence-corrected chi connectivity index (χ1v) is 8.82. The van der Waals surface area contributed by atoms with Gasteiger partial charge in [0.1, 0.15) is 0 Å². The van der Waals surface area contributed by atoms with Crippen molar-refractivity contribution < 1.29 is 24.5 Å². The van der Waals surface area contributed by atoms with Crippen molar-refractivity contribution in [2.45, 2.75) is 32.1 Å². The summed E-state index contributed by atoms with van der Waals surface area (Å²) in [4.78, 5) is 20.8. The Kier molecular flexibility index (Phi) is 7.88. The van der Waals surface area contributed by atoms with E-state index in [1.54, 1.807) is 0 Å². The number of aliphatic carboxylic acids is 2. The minimum Gasteiger partial charge on any atom is -0.477 e. The summed E-state index contributed by atoms with van der Waals surface area (Å²) in [6, 6.07) is 8.02. The number of carboxylic acids is 2. The fourth-order valence-corrected chi connectivity index (χ4v) is 2.78. The molecule has 0 amide bonds. The molecule has 3 heterocycles. The summed E-state index contributed by atoms with van der Waals surface area (Å²) in [7, 11) is 0. The highest BCUT2D eigenvalue weighted by molar-refractivity contribution is 6.27. The highest BCUT2D eigenvalue weighted by atomic mass is 16.5. The van der Waals surface area contributed by atoms with E-state index in [4.69, 9.17) is 24.5 Å². The normalized spacial score (nSPS) is 14.5. The number of rotatable bonds is 6. The lowest BCUT2D eigenvalue weighted by Gasteiger charge is -2.26. The van der Waals surface area contributed by atoms with Gasteiger partial charge in [-0.1, -0.05) is 12.5 Å². The first-order valence-electron chi connectivity index (χ1n) is 8.82. The van der Waals surface area contributed by atoms with Crippen molar-refractivity contribution >= 4 is 17.5 Å². The van der Waals surface area contributed by atoms with Crippen LogP contribution in [0.4, 0.5) is 0 Å². The fourth-order valence-electron chi connectivity index (χ4n) is 2.78. The molecule has 2 N–H and O–H groups in total. The molecule has 0 unspecified atom stereocenters. The number of unbranched alkanes of at least 4 members (excludes halogenated alkanes) is 1. The Hall–Kier alpha value is -2.61. The third-order valence-corrected chi connectivity index (χ3v) is 4.10. The molecule has 3 rings (SSSR count). The van der Waals surface area contributed by atoms with Gasteiger partial charge in [-0.2, -0.15) is 0 Å². The number of carbonyl (C=O) groups is 2. The van der Waals surface area contributed by atoms with E-state index in [0.717, 1.165) is 24.4 Å². The van der Waals surface area contributed by atoms with Crippen molar-refractivity contribution in [3.63, 3.8) is 0 Å². The van der Waals surface area contributed by atoms with E-state index in [2.05, 4.69) is 10.00 Å². The molecule has 0 atom stereocenters. The zero-order valence-corrected chi connectivity index (χ0v) is 14.7. The summed E-state index contributed by atoms with van der Waals surface area (Å²) in [5, 5.41) is 19.2. The quantitative estimate of drug-likeness (QED) is 0.598. The van der Waals surface area contributed by atoms with Crippen LogP contribution < -0.4 is 4.74 Å². The number of piperidine rings is 1. The zero-order chi connectivity index (χ0) is 18.8. The standard InChI is InChI=1S/C16H23N3O.C2H2O4/c1-3-9-18(10-4-1)11-6-7-13-20-16-14-15-8-2-5-12-19(15)17-16;3-1(4)2(5)6/h2,5,8,12,14H,1,3-4,6-7,9-11,13H2;(H,3,4)(H,5,6). The average Bonchev–Trinajstić information content (AvgIpc) is 3.05. The van der Waals surface area contributed by atoms with Gasteiger partial charge in [0.25, 0.3) is 0 Å². The Balaban J connectivity index is 0.000000352. The van der Waals surface area contributed by atoms with E-state index >= 15 is 0 Å². The van der Waals surface area contributed by atoms with Gasteiger partial charge >= 0.3 is 11.9 Å². The molecule has 142 valence electrons.